The minimum atomic E-state index is -0.0111. The molecule has 0 aromatic heterocycles. The average molecular weight is 288 g/mol. The van der Waals surface area contributed by atoms with Crippen molar-refractivity contribution in [1.82, 2.24) is 9.80 Å². The first kappa shape index (κ1) is 19.2. The van der Waals surface area contributed by atoms with Crippen LogP contribution in [-0.2, 0) is 9.47 Å². The Balaban J connectivity index is 4.24. The molecule has 2 amide bonds. The molecule has 0 aliphatic carbocycles. The van der Waals surface area contributed by atoms with Gasteiger partial charge >= 0.3 is 6.03 Å². The fraction of sp³-hybridized carbons (Fsp3) is 0.933. The van der Waals surface area contributed by atoms with E-state index in [0.29, 0.717) is 39.8 Å². The van der Waals surface area contributed by atoms with Crippen molar-refractivity contribution in [2.75, 3.05) is 39.8 Å². The van der Waals surface area contributed by atoms with Gasteiger partial charge in [0.15, 0.2) is 0 Å². The summed E-state index contributed by atoms with van der Waals surface area (Å²) >= 11 is 0. The first-order valence-corrected chi connectivity index (χ1v) is 7.90. The van der Waals surface area contributed by atoms with Crippen LogP contribution >= 0.6 is 0 Å². The summed E-state index contributed by atoms with van der Waals surface area (Å²) in [5.74, 6) is 0. The topological polar surface area (TPSA) is 42.0 Å². The smallest absolute Gasteiger partial charge is 0.323 e. The maximum Gasteiger partial charge on any atom is 0.323 e. The van der Waals surface area contributed by atoms with Crippen LogP contribution in [0.15, 0.2) is 0 Å². The Hall–Kier alpha value is -0.810. The standard InChI is InChI=1S/C15H32N2O3/c1-5-9-11-19-13-17(14-20-12-10-6-2)15(18)16(7-3)8-4/h5-14H2,1-4H3. The van der Waals surface area contributed by atoms with E-state index in [4.69, 9.17) is 9.47 Å². The summed E-state index contributed by atoms with van der Waals surface area (Å²) in [6, 6.07) is -0.0111. The Bertz CT molecular complexity index is 221. The highest BCUT2D eigenvalue weighted by Crippen LogP contribution is 2.02. The van der Waals surface area contributed by atoms with Crippen LogP contribution in [0.3, 0.4) is 0 Å². The molecule has 20 heavy (non-hydrogen) atoms. The molecular weight excluding hydrogens is 256 g/mol. The predicted molar refractivity (Wildman–Crippen MR) is 81.6 cm³/mol. The van der Waals surface area contributed by atoms with Gasteiger partial charge in [-0.25, -0.2) is 4.79 Å². The van der Waals surface area contributed by atoms with Crippen LogP contribution in [0.1, 0.15) is 53.4 Å². The van der Waals surface area contributed by atoms with E-state index in [9.17, 15) is 4.79 Å². The number of hydrogen-bond donors (Lipinski definition) is 0. The molecular formula is C15H32N2O3. The number of nitrogens with zero attached hydrogens (tertiary/aromatic N) is 2. The molecule has 0 bridgehead atoms. The normalized spacial score (nSPS) is 10.6. The van der Waals surface area contributed by atoms with Gasteiger partial charge in [-0.3, -0.25) is 4.90 Å². The first-order chi connectivity index (χ1) is 9.71. The molecule has 0 saturated carbocycles. The molecule has 120 valence electrons. The van der Waals surface area contributed by atoms with Gasteiger partial charge in [-0.15, -0.1) is 0 Å². The van der Waals surface area contributed by atoms with Crippen molar-refractivity contribution in [3.8, 4) is 0 Å². The molecule has 0 aliphatic heterocycles. The van der Waals surface area contributed by atoms with Crippen LogP contribution in [0, 0.1) is 0 Å². The van der Waals surface area contributed by atoms with Gasteiger partial charge in [0.05, 0.1) is 0 Å². The predicted octanol–water partition coefficient (Wildman–Crippen LogP) is 3.30. The van der Waals surface area contributed by atoms with Crippen molar-refractivity contribution >= 4 is 6.03 Å². The average Bonchev–Trinajstić information content (AvgIpc) is 2.46. The Kier molecular flexibility index (Phi) is 12.7. The zero-order valence-electron chi connectivity index (χ0n) is 13.7. The number of hydrogen-bond acceptors (Lipinski definition) is 3. The maximum atomic E-state index is 12.3. The third kappa shape index (κ3) is 8.38. The van der Waals surface area contributed by atoms with Gasteiger partial charge in [0, 0.05) is 26.3 Å². The van der Waals surface area contributed by atoms with Crippen molar-refractivity contribution in [3.05, 3.63) is 0 Å². The molecule has 5 nitrogen and oxygen atoms in total. The van der Waals surface area contributed by atoms with E-state index in [1.54, 1.807) is 9.80 Å². The summed E-state index contributed by atoms with van der Waals surface area (Å²) in [5, 5.41) is 0. The van der Waals surface area contributed by atoms with Crippen molar-refractivity contribution in [2.45, 2.75) is 53.4 Å². The van der Waals surface area contributed by atoms with E-state index >= 15 is 0 Å². The molecule has 0 aliphatic rings. The van der Waals surface area contributed by atoms with E-state index < -0.39 is 0 Å². The van der Waals surface area contributed by atoms with Crippen molar-refractivity contribution in [3.63, 3.8) is 0 Å². The summed E-state index contributed by atoms with van der Waals surface area (Å²) in [6.07, 6.45) is 4.22. The lowest BCUT2D eigenvalue weighted by molar-refractivity contribution is -0.0293. The summed E-state index contributed by atoms with van der Waals surface area (Å²) in [7, 11) is 0. The first-order valence-electron chi connectivity index (χ1n) is 7.90. The molecule has 0 heterocycles. The minimum absolute atomic E-state index is 0.0111. The van der Waals surface area contributed by atoms with Gasteiger partial charge in [-0.05, 0) is 26.7 Å². The Morgan fingerprint density at radius 3 is 1.60 bits per heavy atom. The summed E-state index contributed by atoms with van der Waals surface area (Å²) in [6.45, 7) is 11.6. The van der Waals surface area contributed by atoms with E-state index in [0.717, 1.165) is 25.7 Å². The van der Waals surface area contributed by atoms with Crippen LogP contribution in [0.25, 0.3) is 0 Å². The van der Waals surface area contributed by atoms with Gasteiger partial charge in [0.25, 0.3) is 0 Å². The second-order valence-electron chi connectivity index (χ2n) is 4.78. The summed E-state index contributed by atoms with van der Waals surface area (Å²) in [5.41, 5.74) is 0. The Morgan fingerprint density at radius 2 is 1.25 bits per heavy atom. The maximum absolute atomic E-state index is 12.3. The van der Waals surface area contributed by atoms with E-state index in [2.05, 4.69) is 13.8 Å². The third-order valence-corrected chi connectivity index (χ3v) is 3.08. The minimum Gasteiger partial charge on any atom is -0.361 e. The molecule has 0 spiro atoms. The second-order valence-corrected chi connectivity index (χ2v) is 4.78. The molecule has 5 heteroatoms. The lowest BCUT2D eigenvalue weighted by Gasteiger charge is -2.28. The van der Waals surface area contributed by atoms with Gasteiger partial charge < -0.3 is 14.4 Å². The lowest BCUT2D eigenvalue weighted by Crippen LogP contribution is -2.45. The molecule has 0 fully saturated rings. The highest BCUT2D eigenvalue weighted by Gasteiger charge is 2.18. The van der Waals surface area contributed by atoms with Crippen LogP contribution < -0.4 is 0 Å². The molecule has 0 rings (SSSR count). The molecule has 0 radical (unpaired) electrons. The number of unbranched alkanes of at least 4 members (excludes halogenated alkanes) is 2. The van der Waals surface area contributed by atoms with E-state index in [1.807, 2.05) is 13.8 Å². The largest absolute Gasteiger partial charge is 0.361 e. The molecule has 0 N–H and O–H groups in total. The summed E-state index contributed by atoms with van der Waals surface area (Å²) < 4.78 is 11.1. The van der Waals surface area contributed by atoms with Crippen LogP contribution in [0.2, 0.25) is 0 Å². The number of amides is 2. The SMILES string of the molecule is CCCCOCN(COCCCC)C(=O)N(CC)CC. The van der Waals surface area contributed by atoms with Crippen LogP contribution in [0.4, 0.5) is 4.79 Å². The molecule has 0 aromatic carbocycles. The monoisotopic (exact) mass is 288 g/mol. The molecule has 0 unspecified atom stereocenters. The Morgan fingerprint density at radius 1 is 0.800 bits per heavy atom. The molecule has 0 saturated heterocycles. The van der Waals surface area contributed by atoms with Crippen molar-refractivity contribution in [2.24, 2.45) is 0 Å². The second kappa shape index (κ2) is 13.2. The zero-order chi connectivity index (χ0) is 15.2. The van der Waals surface area contributed by atoms with Crippen molar-refractivity contribution < 1.29 is 14.3 Å². The van der Waals surface area contributed by atoms with Crippen LogP contribution in [-0.4, -0.2) is 55.6 Å². The lowest BCUT2D eigenvalue weighted by atomic mass is 10.4. The molecule has 0 aromatic rings. The van der Waals surface area contributed by atoms with Crippen molar-refractivity contribution in [1.29, 1.82) is 0 Å². The number of rotatable bonds is 12. The number of urea groups is 1. The van der Waals surface area contributed by atoms with Gasteiger partial charge in [0.2, 0.25) is 0 Å². The fourth-order valence-electron chi connectivity index (χ4n) is 1.68. The Labute approximate surface area is 124 Å². The van der Waals surface area contributed by atoms with Gasteiger partial charge in [-0.1, -0.05) is 26.7 Å². The third-order valence-electron chi connectivity index (χ3n) is 3.08. The quantitative estimate of drug-likeness (QED) is 0.409. The van der Waals surface area contributed by atoms with E-state index in [-0.39, 0.29) is 6.03 Å². The fourth-order valence-corrected chi connectivity index (χ4v) is 1.68. The summed E-state index contributed by atoms with van der Waals surface area (Å²) in [4.78, 5) is 15.7. The highest BCUT2D eigenvalue weighted by molar-refractivity contribution is 5.74. The van der Waals surface area contributed by atoms with Crippen LogP contribution in [0.5, 0.6) is 0 Å². The van der Waals surface area contributed by atoms with Gasteiger partial charge in [-0.2, -0.15) is 0 Å². The molecule has 0 atom stereocenters. The number of ether oxygens (including phenoxy) is 2. The van der Waals surface area contributed by atoms with E-state index in [1.165, 1.54) is 0 Å². The number of carbonyl (C=O) groups is 1. The zero-order valence-corrected chi connectivity index (χ0v) is 13.7. The highest BCUT2D eigenvalue weighted by atomic mass is 16.5. The van der Waals surface area contributed by atoms with Gasteiger partial charge in [0.1, 0.15) is 13.5 Å². The number of carbonyl (C=O) groups excluding carboxylic acids is 1.